The maximum absolute atomic E-state index is 5.59. The van der Waals surface area contributed by atoms with Crippen LogP contribution < -0.4 is 0 Å². The van der Waals surface area contributed by atoms with Gasteiger partial charge in [0.15, 0.2) is 5.82 Å². The zero-order valence-electron chi connectivity index (χ0n) is 35.9. The molecular formula is C60H41N5. The lowest BCUT2D eigenvalue weighted by molar-refractivity contribution is 0.660. The Kier molecular flexibility index (Phi) is 8.18. The van der Waals surface area contributed by atoms with Gasteiger partial charge < -0.3 is 0 Å². The highest BCUT2D eigenvalue weighted by molar-refractivity contribution is 6.12. The Labute approximate surface area is 376 Å². The maximum atomic E-state index is 5.59. The van der Waals surface area contributed by atoms with Crippen molar-refractivity contribution in [3.8, 4) is 67.8 Å². The van der Waals surface area contributed by atoms with Crippen molar-refractivity contribution in [3.63, 3.8) is 0 Å². The highest BCUT2D eigenvalue weighted by Gasteiger charge is 2.35. The van der Waals surface area contributed by atoms with E-state index in [0.29, 0.717) is 17.7 Å². The summed E-state index contributed by atoms with van der Waals surface area (Å²) in [6.07, 6.45) is 0. The van der Waals surface area contributed by atoms with Gasteiger partial charge >= 0.3 is 0 Å². The van der Waals surface area contributed by atoms with E-state index in [1.807, 2.05) is 0 Å². The normalized spacial score (nSPS) is 12.9. The Morgan fingerprint density at radius 2 is 0.723 bits per heavy atom. The van der Waals surface area contributed by atoms with E-state index in [4.69, 9.17) is 15.0 Å². The van der Waals surface area contributed by atoms with Gasteiger partial charge in [-0.2, -0.15) is 15.0 Å². The number of rotatable bonds is 6. The summed E-state index contributed by atoms with van der Waals surface area (Å²) in [5.41, 5.74) is 16.8. The van der Waals surface area contributed by atoms with Gasteiger partial charge in [-0.25, -0.2) is 0 Å². The highest BCUT2D eigenvalue weighted by atomic mass is 15.3. The van der Waals surface area contributed by atoms with Gasteiger partial charge in [-0.3, -0.25) is 9.13 Å². The van der Waals surface area contributed by atoms with Gasteiger partial charge in [-0.15, -0.1) is 0 Å². The molecule has 5 nitrogen and oxygen atoms in total. The van der Waals surface area contributed by atoms with Crippen molar-refractivity contribution >= 4 is 43.6 Å². The SMILES string of the molecule is CC1(C)c2ccccc2-c2ccc(-c3nc(-n4c5ccccc5c5ccc(-c6ccccc6)cc54)nc(-n4c5cc(-c6ccccc6)ccc5c5ccc(-c6ccccc6)cc54)n3)cc21. The minimum atomic E-state index is -0.199. The number of hydrogen-bond donors (Lipinski definition) is 0. The average Bonchev–Trinajstić information content (AvgIpc) is 3.96. The zero-order valence-corrected chi connectivity index (χ0v) is 35.9. The molecule has 0 saturated heterocycles. The molecule has 0 amide bonds. The van der Waals surface area contributed by atoms with Crippen LogP contribution >= 0.6 is 0 Å². The van der Waals surface area contributed by atoms with Crippen molar-refractivity contribution in [2.45, 2.75) is 19.3 Å². The average molecular weight is 832 g/mol. The molecule has 0 unspecified atom stereocenters. The van der Waals surface area contributed by atoms with Gasteiger partial charge in [-0.1, -0.05) is 196 Å². The van der Waals surface area contributed by atoms with E-state index in [0.717, 1.165) is 82.6 Å². The molecule has 9 aromatic carbocycles. The third-order valence-electron chi connectivity index (χ3n) is 13.6. The first-order valence-corrected chi connectivity index (χ1v) is 22.3. The minimum absolute atomic E-state index is 0.199. The molecule has 1 aliphatic rings. The zero-order chi connectivity index (χ0) is 43.2. The first kappa shape index (κ1) is 37.2. The fourth-order valence-corrected chi connectivity index (χ4v) is 10.4. The third kappa shape index (κ3) is 5.82. The molecule has 3 heterocycles. The van der Waals surface area contributed by atoms with Crippen LogP contribution in [0.25, 0.3) is 111 Å². The molecule has 0 bridgehead atoms. The van der Waals surface area contributed by atoms with Crippen molar-refractivity contribution < 1.29 is 0 Å². The Hall–Kier alpha value is -8.41. The van der Waals surface area contributed by atoms with E-state index in [2.05, 4.69) is 235 Å². The molecule has 0 fully saturated rings. The van der Waals surface area contributed by atoms with E-state index in [-0.39, 0.29) is 5.41 Å². The smallest absolute Gasteiger partial charge is 0.240 e. The van der Waals surface area contributed by atoms with Crippen LogP contribution in [0.15, 0.2) is 212 Å². The van der Waals surface area contributed by atoms with Crippen LogP contribution in [0.5, 0.6) is 0 Å². The summed E-state index contributed by atoms with van der Waals surface area (Å²) in [5.74, 6) is 1.71. The number of hydrogen-bond acceptors (Lipinski definition) is 3. The Bertz CT molecular complexity index is 3750. The molecule has 0 radical (unpaired) electrons. The monoisotopic (exact) mass is 831 g/mol. The number of fused-ring (bicyclic) bond motifs is 9. The third-order valence-corrected chi connectivity index (χ3v) is 13.6. The van der Waals surface area contributed by atoms with Crippen LogP contribution in [0, 0.1) is 0 Å². The van der Waals surface area contributed by atoms with Gasteiger partial charge in [-0.05, 0) is 86.0 Å². The van der Waals surface area contributed by atoms with Crippen LogP contribution in [-0.2, 0) is 5.41 Å². The largest absolute Gasteiger partial charge is 0.278 e. The molecule has 0 N–H and O–H groups in total. The van der Waals surface area contributed by atoms with Crippen molar-refractivity contribution in [1.82, 2.24) is 24.1 Å². The first-order chi connectivity index (χ1) is 32.0. The fraction of sp³-hybridized carbons (Fsp3) is 0.0500. The summed E-state index contributed by atoms with van der Waals surface area (Å²) in [6, 6.07) is 76.1. The van der Waals surface area contributed by atoms with Crippen LogP contribution in [0.4, 0.5) is 0 Å². The first-order valence-electron chi connectivity index (χ1n) is 22.3. The topological polar surface area (TPSA) is 48.5 Å². The fourth-order valence-electron chi connectivity index (χ4n) is 10.4. The Morgan fingerprint density at radius 1 is 0.308 bits per heavy atom. The molecule has 0 saturated carbocycles. The summed E-state index contributed by atoms with van der Waals surface area (Å²) in [5, 5.41) is 4.53. The van der Waals surface area contributed by atoms with Crippen molar-refractivity contribution in [2.75, 3.05) is 0 Å². The number of benzene rings is 9. The van der Waals surface area contributed by atoms with E-state index in [1.54, 1.807) is 0 Å². The van der Waals surface area contributed by atoms with E-state index in [1.165, 1.54) is 22.3 Å². The minimum Gasteiger partial charge on any atom is -0.278 e. The number of para-hydroxylation sites is 1. The predicted octanol–water partition coefficient (Wildman–Crippen LogP) is 15.0. The summed E-state index contributed by atoms with van der Waals surface area (Å²) in [4.78, 5) is 16.6. The summed E-state index contributed by atoms with van der Waals surface area (Å²) < 4.78 is 4.49. The molecule has 65 heavy (non-hydrogen) atoms. The van der Waals surface area contributed by atoms with Gasteiger partial charge in [0.25, 0.3) is 0 Å². The van der Waals surface area contributed by atoms with Gasteiger partial charge in [0.1, 0.15) is 0 Å². The molecule has 5 heteroatoms. The quantitative estimate of drug-likeness (QED) is 0.168. The molecule has 306 valence electrons. The van der Waals surface area contributed by atoms with Crippen LogP contribution in [-0.4, -0.2) is 24.1 Å². The molecule has 1 aliphatic carbocycles. The van der Waals surface area contributed by atoms with Gasteiger partial charge in [0.05, 0.1) is 22.1 Å². The van der Waals surface area contributed by atoms with E-state index < -0.39 is 0 Å². The molecular weight excluding hydrogens is 791 g/mol. The summed E-state index contributed by atoms with van der Waals surface area (Å²) in [7, 11) is 0. The summed E-state index contributed by atoms with van der Waals surface area (Å²) >= 11 is 0. The van der Waals surface area contributed by atoms with Crippen LogP contribution in [0.2, 0.25) is 0 Å². The van der Waals surface area contributed by atoms with E-state index in [9.17, 15) is 0 Å². The van der Waals surface area contributed by atoms with E-state index >= 15 is 0 Å². The number of aromatic nitrogens is 5. The van der Waals surface area contributed by atoms with Gasteiger partial charge in [0, 0.05) is 32.5 Å². The Morgan fingerprint density at radius 3 is 1.26 bits per heavy atom. The summed E-state index contributed by atoms with van der Waals surface area (Å²) in [6.45, 7) is 4.64. The predicted molar refractivity (Wildman–Crippen MR) is 268 cm³/mol. The molecule has 0 atom stereocenters. The van der Waals surface area contributed by atoms with Crippen LogP contribution in [0.1, 0.15) is 25.0 Å². The van der Waals surface area contributed by atoms with Gasteiger partial charge in [0.2, 0.25) is 11.9 Å². The van der Waals surface area contributed by atoms with Crippen LogP contribution in [0.3, 0.4) is 0 Å². The lowest BCUT2D eigenvalue weighted by atomic mass is 9.82. The van der Waals surface area contributed by atoms with Crippen molar-refractivity contribution in [3.05, 3.63) is 223 Å². The van der Waals surface area contributed by atoms with Crippen molar-refractivity contribution in [1.29, 1.82) is 0 Å². The lowest BCUT2D eigenvalue weighted by Gasteiger charge is -2.22. The second-order valence-electron chi connectivity index (χ2n) is 17.7. The second-order valence-corrected chi connectivity index (χ2v) is 17.7. The second kappa shape index (κ2) is 14.3. The van der Waals surface area contributed by atoms with Crippen molar-refractivity contribution in [2.24, 2.45) is 0 Å². The molecule has 12 aromatic rings. The molecule has 0 spiro atoms. The lowest BCUT2D eigenvalue weighted by Crippen LogP contribution is -2.15. The molecule has 0 aliphatic heterocycles. The standard InChI is InChI=1S/C60H41N5/c1-60(2)51-24-14-12-22-45(51)46-30-29-44(34-52(46)60)57-61-58(64-53-25-15-13-23-47(53)48-31-26-41(35-54(48)64)38-16-6-3-7-17-38)63-59(62-57)65-55-36-42(39-18-8-4-9-19-39)27-32-49(55)50-33-28-43(37-56(50)65)40-20-10-5-11-21-40/h3-37H,1-2H3. The number of nitrogens with zero attached hydrogens (tertiary/aromatic N) is 5. The highest BCUT2D eigenvalue weighted by Crippen LogP contribution is 2.49. The molecule has 3 aromatic heterocycles. The Balaban J connectivity index is 1.13. The maximum Gasteiger partial charge on any atom is 0.240 e. The molecule has 13 rings (SSSR count).